The van der Waals surface area contributed by atoms with Gasteiger partial charge in [0.05, 0.1) is 5.54 Å². The summed E-state index contributed by atoms with van der Waals surface area (Å²) < 4.78 is 0. The van der Waals surface area contributed by atoms with Crippen molar-refractivity contribution in [2.75, 3.05) is 0 Å². The molecular weight excluding hydrogens is 174 g/mol. The monoisotopic (exact) mass is 197 g/mol. The van der Waals surface area contributed by atoms with E-state index in [9.17, 15) is 4.79 Å². The number of hydrogen-bond acceptors (Lipinski definition) is 2. The van der Waals surface area contributed by atoms with Crippen LogP contribution in [0.3, 0.4) is 0 Å². The molecule has 0 aliphatic heterocycles. The summed E-state index contributed by atoms with van der Waals surface area (Å²) in [6.45, 7) is 6.22. The Labute approximate surface area is 87.5 Å². The predicted molar refractivity (Wildman–Crippen MR) is 59.4 cm³/mol. The van der Waals surface area contributed by atoms with Crippen molar-refractivity contribution < 1.29 is 4.79 Å². The van der Waals surface area contributed by atoms with Crippen molar-refractivity contribution >= 4 is 5.78 Å². The largest absolute Gasteiger partial charge is 0.303 e. The standard InChI is InChI=1S/C12H23NO/c1-4-11(14)12(13-10(2)3)8-6-5-7-9-12/h10,13H,4-9H2,1-3H3. The summed E-state index contributed by atoms with van der Waals surface area (Å²) in [6.07, 6.45) is 6.44. The van der Waals surface area contributed by atoms with E-state index in [-0.39, 0.29) is 5.54 Å². The van der Waals surface area contributed by atoms with Crippen LogP contribution < -0.4 is 5.32 Å². The molecule has 0 atom stereocenters. The highest BCUT2D eigenvalue weighted by Gasteiger charge is 2.37. The molecule has 0 spiro atoms. The van der Waals surface area contributed by atoms with Gasteiger partial charge in [0, 0.05) is 12.5 Å². The molecular formula is C12H23NO. The van der Waals surface area contributed by atoms with Gasteiger partial charge in [0.2, 0.25) is 0 Å². The Morgan fingerprint density at radius 1 is 1.29 bits per heavy atom. The van der Waals surface area contributed by atoms with Crippen LogP contribution in [0.15, 0.2) is 0 Å². The molecule has 14 heavy (non-hydrogen) atoms. The minimum Gasteiger partial charge on any atom is -0.303 e. The molecule has 1 aliphatic carbocycles. The first-order valence-electron chi connectivity index (χ1n) is 5.92. The maximum atomic E-state index is 12.0. The molecule has 0 saturated heterocycles. The number of nitrogens with one attached hydrogen (secondary N) is 1. The molecule has 0 radical (unpaired) electrons. The van der Waals surface area contributed by atoms with Gasteiger partial charge in [-0.05, 0) is 26.7 Å². The average Bonchev–Trinajstić information content (AvgIpc) is 2.17. The van der Waals surface area contributed by atoms with Crippen LogP contribution in [-0.2, 0) is 4.79 Å². The van der Waals surface area contributed by atoms with E-state index in [1.807, 2.05) is 6.92 Å². The second-order valence-corrected chi connectivity index (χ2v) is 4.72. The van der Waals surface area contributed by atoms with Crippen LogP contribution in [0.1, 0.15) is 59.3 Å². The van der Waals surface area contributed by atoms with E-state index in [0.717, 1.165) is 12.8 Å². The van der Waals surface area contributed by atoms with Crippen LogP contribution in [-0.4, -0.2) is 17.4 Å². The van der Waals surface area contributed by atoms with Crippen LogP contribution in [0.25, 0.3) is 0 Å². The van der Waals surface area contributed by atoms with Crippen LogP contribution in [0.5, 0.6) is 0 Å². The molecule has 0 aromatic heterocycles. The van der Waals surface area contributed by atoms with E-state index in [4.69, 9.17) is 0 Å². The van der Waals surface area contributed by atoms with E-state index in [0.29, 0.717) is 18.2 Å². The lowest BCUT2D eigenvalue weighted by Gasteiger charge is -2.38. The minimum atomic E-state index is -0.179. The highest BCUT2D eigenvalue weighted by molar-refractivity contribution is 5.88. The zero-order valence-electron chi connectivity index (χ0n) is 9.73. The van der Waals surface area contributed by atoms with E-state index < -0.39 is 0 Å². The number of carbonyl (C=O) groups is 1. The molecule has 1 saturated carbocycles. The Hall–Kier alpha value is -0.370. The first-order chi connectivity index (χ1) is 6.60. The van der Waals surface area contributed by atoms with Gasteiger partial charge in [-0.2, -0.15) is 0 Å². The second-order valence-electron chi connectivity index (χ2n) is 4.72. The predicted octanol–water partition coefficient (Wildman–Crippen LogP) is 2.67. The van der Waals surface area contributed by atoms with Crippen molar-refractivity contribution in [2.24, 2.45) is 0 Å². The first-order valence-corrected chi connectivity index (χ1v) is 5.92. The topological polar surface area (TPSA) is 29.1 Å². The number of rotatable bonds is 4. The Balaban J connectivity index is 2.71. The quantitative estimate of drug-likeness (QED) is 0.750. The number of ketones is 1. The molecule has 1 N–H and O–H groups in total. The zero-order chi connectivity index (χ0) is 10.6. The Morgan fingerprint density at radius 2 is 1.86 bits per heavy atom. The SMILES string of the molecule is CCC(=O)C1(NC(C)C)CCCCC1. The molecule has 2 nitrogen and oxygen atoms in total. The van der Waals surface area contributed by atoms with Crippen molar-refractivity contribution in [3.8, 4) is 0 Å². The molecule has 0 heterocycles. The maximum Gasteiger partial charge on any atom is 0.152 e. The van der Waals surface area contributed by atoms with Gasteiger partial charge in [0.25, 0.3) is 0 Å². The molecule has 1 aliphatic rings. The van der Waals surface area contributed by atoms with Gasteiger partial charge in [-0.15, -0.1) is 0 Å². The fourth-order valence-electron chi connectivity index (χ4n) is 2.55. The Kier molecular flexibility index (Phi) is 4.11. The normalized spacial score (nSPS) is 21.1. The van der Waals surface area contributed by atoms with Crippen LogP contribution in [0.4, 0.5) is 0 Å². The third-order valence-electron chi connectivity index (χ3n) is 3.13. The van der Waals surface area contributed by atoms with Gasteiger partial charge >= 0.3 is 0 Å². The third-order valence-corrected chi connectivity index (χ3v) is 3.13. The highest BCUT2D eigenvalue weighted by atomic mass is 16.1. The third kappa shape index (κ3) is 2.57. The van der Waals surface area contributed by atoms with Crippen molar-refractivity contribution in [1.29, 1.82) is 0 Å². The Bertz CT molecular complexity index is 192. The van der Waals surface area contributed by atoms with Crippen molar-refractivity contribution in [1.82, 2.24) is 5.32 Å². The first kappa shape index (κ1) is 11.7. The number of hydrogen-bond donors (Lipinski definition) is 1. The van der Waals surface area contributed by atoms with Gasteiger partial charge in [0.15, 0.2) is 5.78 Å². The summed E-state index contributed by atoms with van der Waals surface area (Å²) in [5.41, 5.74) is -0.179. The summed E-state index contributed by atoms with van der Waals surface area (Å²) >= 11 is 0. The van der Waals surface area contributed by atoms with Crippen molar-refractivity contribution in [3.05, 3.63) is 0 Å². The fraction of sp³-hybridized carbons (Fsp3) is 0.917. The second kappa shape index (κ2) is 4.92. The smallest absolute Gasteiger partial charge is 0.152 e. The molecule has 1 fully saturated rings. The molecule has 0 aromatic rings. The van der Waals surface area contributed by atoms with Gasteiger partial charge in [-0.1, -0.05) is 26.2 Å². The van der Waals surface area contributed by atoms with Crippen LogP contribution >= 0.6 is 0 Å². The summed E-state index contributed by atoms with van der Waals surface area (Å²) in [5, 5.41) is 3.50. The lowest BCUT2D eigenvalue weighted by atomic mass is 9.77. The maximum absolute atomic E-state index is 12.0. The van der Waals surface area contributed by atoms with Gasteiger partial charge < -0.3 is 5.32 Å². The molecule has 2 heteroatoms. The van der Waals surface area contributed by atoms with Crippen LogP contribution in [0, 0.1) is 0 Å². The molecule has 0 unspecified atom stereocenters. The van der Waals surface area contributed by atoms with Crippen LogP contribution in [0.2, 0.25) is 0 Å². The summed E-state index contributed by atoms with van der Waals surface area (Å²) in [7, 11) is 0. The summed E-state index contributed by atoms with van der Waals surface area (Å²) in [5.74, 6) is 0.408. The molecule has 82 valence electrons. The zero-order valence-corrected chi connectivity index (χ0v) is 9.73. The molecule has 0 bridgehead atoms. The van der Waals surface area contributed by atoms with E-state index in [2.05, 4.69) is 19.2 Å². The fourth-order valence-corrected chi connectivity index (χ4v) is 2.55. The van der Waals surface area contributed by atoms with Crippen molar-refractivity contribution in [3.63, 3.8) is 0 Å². The average molecular weight is 197 g/mol. The van der Waals surface area contributed by atoms with Gasteiger partial charge in [0.1, 0.15) is 0 Å². The summed E-state index contributed by atoms with van der Waals surface area (Å²) in [4.78, 5) is 12.0. The molecule has 0 aromatic carbocycles. The van der Waals surface area contributed by atoms with E-state index in [1.54, 1.807) is 0 Å². The number of Topliss-reactive ketones (excluding diaryl/α,β-unsaturated/α-hetero) is 1. The van der Waals surface area contributed by atoms with Gasteiger partial charge in [-0.25, -0.2) is 0 Å². The van der Waals surface area contributed by atoms with E-state index >= 15 is 0 Å². The molecule has 1 rings (SSSR count). The lowest BCUT2D eigenvalue weighted by molar-refractivity contribution is -0.126. The lowest BCUT2D eigenvalue weighted by Crippen LogP contribution is -2.55. The van der Waals surface area contributed by atoms with E-state index in [1.165, 1.54) is 19.3 Å². The van der Waals surface area contributed by atoms with Crippen molar-refractivity contribution in [2.45, 2.75) is 70.9 Å². The molecule has 0 amide bonds. The number of carbonyl (C=O) groups excluding carboxylic acids is 1. The van der Waals surface area contributed by atoms with Gasteiger partial charge in [-0.3, -0.25) is 4.79 Å². The minimum absolute atomic E-state index is 0.179. The summed E-state index contributed by atoms with van der Waals surface area (Å²) in [6, 6.07) is 0.406. The Morgan fingerprint density at radius 3 is 2.29 bits per heavy atom. The highest BCUT2D eigenvalue weighted by Crippen LogP contribution is 2.30.